The SMILES string of the molecule is Cc1nc(C(N)=O)sc1-c1ccnc(C2(c3ccccc3)CCCC2)n1. The van der Waals surface area contributed by atoms with Crippen molar-refractivity contribution in [3.8, 4) is 10.6 Å². The van der Waals surface area contributed by atoms with E-state index in [2.05, 4.69) is 34.2 Å². The van der Waals surface area contributed by atoms with Gasteiger partial charge in [-0.2, -0.15) is 0 Å². The molecule has 3 aromatic rings. The van der Waals surface area contributed by atoms with Crippen molar-refractivity contribution in [3.63, 3.8) is 0 Å². The maximum atomic E-state index is 11.4. The van der Waals surface area contributed by atoms with Crippen molar-refractivity contribution in [1.82, 2.24) is 15.0 Å². The molecule has 6 heteroatoms. The molecule has 2 N–H and O–H groups in total. The minimum atomic E-state index is -0.504. The third-order valence-electron chi connectivity index (χ3n) is 5.11. The molecule has 1 saturated carbocycles. The van der Waals surface area contributed by atoms with Gasteiger partial charge in [0.15, 0.2) is 5.01 Å². The molecule has 0 spiro atoms. The standard InChI is InChI=1S/C20H20N4OS/c1-13-16(26-18(23-13)17(21)25)15-9-12-22-19(24-15)20(10-5-6-11-20)14-7-3-2-4-8-14/h2-4,7-9,12H,5-6,10-11H2,1H3,(H2,21,25). The van der Waals surface area contributed by atoms with E-state index >= 15 is 0 Å². The fraction of sp³-hybridized carbons (Fsp3) is 0.300. The number of primary amides is 1. The minimum Gasteiger partial charge on any atom is -0.364 e. The van der Waals surface area contributed by atoms with E-state index in [9.17, 15) is 4.79 Å². The van der Waals surface area contributed by atoms with Crippen molar-refractivity contribution in [2.45, 2.75) is 38.0 Å². The van der Waals surface area contributed by atoms with Crippen LogP contribution in [-0.2, 0) is 5.41 Å². The van der Waals surface area contributed by atoms with Gasteiger partial charge < -0.3 is 5.73 Å². The summed E-state index contributed by atoms with van der Waals surface area (Å²) in [4.78, 5) is 26.2. The molecule has 0 bridgehead atoms. The van der Waals surface area contributed by atoms with E-state index in [1.165, 1.54) is 29.7 Å². The first-order chi connectivity index (χ1) is 12.6. The zero-order chi connectivity index (χ0) is 18.1. The van der Waals surface area contributed by atoms with Gasteiger partial charge in [0.25, 0.3) is 5.91 Å². The van der Waals surface area contributed by atoms with Crippen LogP contribution < -0.4 is 5.73 Å². The Morgan fingerprint density at radius 3 is 2.50 bits per heavy atom. The number of carbonyl (C=O) groups excluding carboxylic acids is 1. The largest absolute Gasteiger partial charge is 0.364 e. The van der Waals surface area contributed by atoms with Crippen molar-refractivity contribution in [3.05, 3.63) is 64.7 Å². The normalized spacial score (nSPS) is 15.9. The molecule has 1 aliphatic rings. The predicted octanol–water partition coefficient (Wildman–Crippen LogP) is 3.87. The molecule has 5 nitrogen and oxygen atoms in total. The van der Waals surface area contributed by atoms with E-state index in [1.807, 2.05) is 25.3 Å². The lowest BCUT2D eigenvalue weighted by Gasteiger charge is -2.28. The molecular formula is C20H20N4OS. The second-order valence-electron chi connectivity index (χ2n) is 6.72. The molecule has 1 aromatic carbocycles. The second kappa shape index (κ2) is 6.61. The van der Waals surface area contributed by atoms with Crippen LogP contribution in [0.15, 0.2) is 42.6 Å². The summed E-state index contributed by atoms with van der Waals surface area (Å²) in [5, 5.41) is 0.316. The predicted molar refractivity (Wildman–Crippen MR) is 102 cm³/mol. The summed E-state index contributed by atoms with van der Waals surface area (Å²) in [5.41, 5.74) is 8.09. The molecule has 2 heterocycles. The number of hydrogen-bond acceptors (Lipinski definition) is 5. The lowest BCUT2D eigenvalue weighted by Crippen LogP contribution is -2.26. The molecule has 4 rings (SSSR count). The number of carbonyl (C=O) groups is 1. The van der Waals surface area contributed by atoms with Crippen LogP contribution in [0.3, 0.4) is 0 Å². The number of benzene rings is 1. The van der Waals surface area contributed by atoms with Crippen molar-refractivity contribution in [2.24, 2.45) is 5.73 Å². The molecule has 1 amide bonds. The van der Waals surface area contributed by atoms with Crippen LogP contribution in [0.5, 0.6) is 0 Å². The molecule has 0 atom stereocenters. The van der Waals surface area contributed by atoms with Gasteiger partial charge in [-0.15, -0.1) is 11.3 Å². The molecule has 0 saturated heterocycles. The summed E-state index contributed by atoms with van der Waals surface area (Å²) in [6.45, 7) is 1.88. The van der Waals surface area contributed by atoms with Gasteiger partial charge in [-0.05, 0) is 31.4 Å². The molecule has 0 aliphatic heterocycles. The van der Waals surface area contributed by atoms with Gasteiger partial charge in [-0.1, -0.05) is 43.2 Å². The highest BCUT2D eigenvalue weighted by atomic mass is 32.1. The van der Waals surface area contributed by atoms with E-state index in [-0.39, 0.29) is 5.41 Å². The van der Waals surface area contributed by atoms with Crippen LogP contribution in [0.2, 0.25) is 0 Å². The Bertz CT molecular complexity index is 945. The Morgan fingerprint density at radius 1 is 1.12 bits per heavy atom. The number of nitrogens with two attached hydrogens (primary N) is 1. The average Bonchev–Trinajstić information content (AvgIpc) is 3.30. The Kier molecular flexibility index (Phi) is 4.28. The minimum absolute atomic E-state index is 0.137. The summed E-state index contributed by atoms with van der Waals surface area (Å²) in [5.74, 6) is 0.349. The highest BCUT2D eigenvalue weighted by Crippen LogP contribution is 2.45. The number of aromatic nitrogens is 3. The number of nitrogens with zero attached hydrogens (tertiary/aromatic N) is 3. The third-order valence-corrected chi connectivity index (χ3v) is 6.30. The number of aryl methyl sites for hydroxylation is 1. The first-order valence-corrected chi connectivity index (χ1v) is 9.58. The number of hydrogen-bond donors (Lipinski definition) is 1. The number of rotatable bonds is 4. The summed E-state index contributed by atoms with van der Waals surface area (Å²) in [7, 11) is 0. The molecule has 1 aliphatic carbocycles. The molecule has 0 unspecified atom stereocenters. The highest BCUT2D eigenvalue weighted by Gasteiger charge is 2.40. The Morgan fingerprint density at radius 2 is 1.85 bits per heavy atom. The quantitative estimate of drug-likeness (QED) is 0.762. The van der Waals surface area contributed by atoms with E-state index < -0.39 is 5.91 Å². The number of thiazole rings is 1. The van der Waals surface area contributed by atoms with Crippen LogP contribution in [0.4, 0.5) is 0 Å². The Labute approximate surface area is 156 Å². The van der Waals surface area contributed by atoms with E-state index in [0.717, 1.165) is 34.9 Å². The summed E-state index contributed by atoms with van der Waals surface area (Å²) < 4.78 is 0. The monoisotopic (exact) mass is 364 g/mol. The van der Waals surface area contributed by atoms with Crippen LogP contribution in [0, 0.1) is 6.92 Å². The summed E-state index contributed by atoms with van der Waals surface area (Å²) in [6, 6.07) is 12.4. The summed E-state index contributed by atoms with van der Waals surface area (Å²) in [6.07, 6.45) is 6.26. The Hall–Kier alpha value is -2.60. The van der Waals surface area contributed by atoms with Gasteiger partial charge in [0.2, 0.25) is 0 Å². The van der Waals surface area contributed by atoms with Gasteiger partial charge in [0.1, 0.15) is 5.82 Å². The lowest BCUT2D eigenvalue weighted by molar-refractivity contribution is 0.1000. The van der Waals surface area contributed by atoms with Crippen molar-refractivity contribution in [1.29, 1.82) is 0 Å². The molecule has 2 aromatic heterocycles. The summed E-state index contributed by atoms with van der Waals surface area (Å²) >= 11 is 1.29. The zero-order valence-corrected chi connectivity index (χ0v) is 15.4. The van der Waals surface area contributed by atoms with Crippen molar-refractivity contribution >= 4 is 17.2 Å². The molecular weight excluding hydrogens is 344 g/mol. The van der Waals surface area contributed by atoms with E-state index in [1.54, 1.807) is 0 Å². The van der Waals surface area contributed by atoms with Crippen molar-refractivity contribution < 1.29 is 4.79 Å². The smallest absolute Gasteiger partial charge is 0.277 e. The van der Waals surface area contributed by atoms with Crippen LogP contribution in [-0.4, -0.2) is 20.9 Å². The van der Waals surface area contributed by atoms with Gasteiger partial charge in [0, 0.05) is 6.20 Å². The zero-order valence-electron chi connectivity index (χ0n) is 14.6. The van der Waals surface area contributed by atoms with E-state index in [0.29, 0.717) is 5.01 Å². The average molecular weight is 364 g/mol. The maximum Gasteiger partial charge on any atom is 0.277 e. The first kappa shape index (κ1) is 16.8. The van der Waals surface area contributed by atoms with Gasteiger partial charge >= 0.3 is 0 Å². The van der Waals surface area contributed by atoms with Gasteiger partial charge in [-0.25, -0.2) is 15.0 Å². The molecule has 26 heavy (non-hydrogen) atoms. The van der Waals surface area contributed by atoms with Crippen LogP contribution in [0.25, 0.3) is 10.6 Å². The van der Waals surface area contributed by atoms with Gasteiger partial charge in [-0.3, -0.25) is 4.79 Å². The Balaban J connectivity index is 1.81. The topological polar surface area (TPSA) is 81.8 Å². The fourth-order valence-electron chi connectivity index (χ4n) is 3.83. The first-order valence-electron chi connectivity index (χ1n) is 8.77. The fourth-order valence-corrected chi connectivity index (χ4v) is 4.72. The van der Waals surface area contributed by atoms with Crippen LogP contribution >= 0.6 is 11.3 Å². The maximum absolute atomic E-state index is 11.4. The number of amides is 1. The van der Waals surface area contributed by atoms with Gasteiger partial charge in [0.05, 0.1) is 21.7 Å². The molecule has 132 valence electrons. The third kappa shape index (κ3) is 2.80. The van der Waals surface area contributed by atoms with E-state index in [4.69, 9.17) is 10.7 Å². The highest BCUT2D eigenvalue weighted by molar-refractivity contribution is 7.17. The second-order valence-corrected chi connectivity index (χ2v) is 7.72. The lowest BCUT2D eigenvalue weighted by atomic mass is 9.78. The van der Waals surface area contributed by atoms with Crippen LogP contribution in [0.1, 0.15) is 52.6 Å². The molecule has 1 fully saturated rings. The molecule has 0 radical (unpaired) electrons. The van der Waals surface area contributed by atoms with Crippen molar-refractivity contribution in [2.75, 3.05) is 0 Å².